The van der Waals surface area contributed by atoms with Gasteiger partial charge in [0.15, 0.2) is 0 Å². The van der Waals surface area contributed by atoms with Crippen LogP contribution in [0.1, 0.15) is 114 Å². The molecule has 8 rings (SSSR count). The van der Waals surface area contributed by atoms with E-state index < -0.39 is 0 Å². The van der Waals surface area contributed by atoms with Crippen LogP contribution in [0.5, 0.6) is 0 Å². The second-order valence-electron chi connectivity index (χ2n) is 17.5. The smallest absolute Gasteiger partial charge is 0.0541 e. The minimum Gasteiger partial charge on any atom is -0.381 e. The lowest BCUT2D eigenvalue weighted by Crippen LogP contribution is -1.98. The predicted molar refractivity (Wildman–Crippen MR) is 266 cm³/mol. The van der Waals surface area contributed by atoms with Crippen LogP contribution in [0.15, 0.2) is 121 Å². The SMILES string of the molecule is CCCCOCCCc1ccc2c(c1)c1cc(CCCOCCCC)ccc1n2-c1ccc(-c2ccc(-n3c4ccc(CCCC)cc4c4cc(CCCC)ccc43)cc2)cc1. The van der Waals surface area contributed by atoms with Gasteiger partial charge in [0, 0.05) is 59.3 Å². The molecule has 8 aromatic rings. The van der Waals surface area contributed by atoms with Crippen LogP contribution in [0, 0.1) is 0 Å². The number of aromatic nitrogens is 2. The molecule has 2 aromatic heterocycles. The van der Waals surface area contributed by atoms with Gasteiger partial charge < -0.3 is 18.6 Å². The molecule has 0 saturated carbocycles. The Kier molecular flexibility index (Phi) is 14.9. The maximum absolute atomic E-state index is 5.91. The fraction of sp³-hybridized carbons (Fsp3) is 0.379. The normalized spacial score (nSPS) is 11.9. The standard InChI is InChI=1S/C58H68N2O2/c1-5-9-15-43-19-31-55-51(39-43)52-40-44(16-10-6-2)20-32-56(52)59(55)49-27-23-47(24-28-49)48-25-29-50(30-26-48)60-57-33-21-45(17-13-37-61-35-11-7-3)41-53(57)54-42-46(22-34-58(54)60)18-14-38-62-36-12-8-4/h19-34,39-42H,5-18,35-38H2,1-4H3. The molecule has 0 saturated heterocycles. The quantitative estimate of drug-likeness (QED) is 0.0601. The lowest BCUT2D eigenvalue weighted by atomic mass is 10.0. The molecular formula is C58H68N2O2. The number of fused-ring (bicyclic) bond motifs is 6. The summed E-state index contributed by atoms with van der Waals surface area (Å²) in [7, 11) is 0. The van der Waals surface area contributed by atoms with Crippen molar-refractivity contribution in [1.29, 1.82) is 0 Å². The molecule has 0 atom stereocenters. The average molecular weight is 825 g/mol. The lowest BCUT2D eigenvalue weighted by Gasteiger charge is -2.12. The summed E-state index contributed by atoms with van der Waals surface area (Å²) in [6.07, 6.45) is 15.9. The first-order chi connectivity index (χ1) is 30.6. The molecule has 6 aromatic carbocycles. The highest BCUT2D eigenvalue weighted by molar-refractivity contribution is 6.10. The molecule has 0 aliphatic carbocycles. The molecular weight excluding hydrogens is 757 g/mol. The van der Waals surface area contributed by atoms with E-state index in [9.17, 15) is 0 Å². The van der Waals surface area contributed by atoms with Crippen molar-refractivity contribution in [2.45, 2.75) is 118 Å². The minimum absolute atomic E-state index is 0.819. The zero-order valence-electron chi connectivity index (χ0n) is 38.0. The topological polar surface area (TPSA) is 28.3 Å². The van der Waals surface area contributed by atoms with Gasteiger partial charge in [0.2, 0.25) is 0 Å². The largest absolute Gasteiger partial charge is 0.381 e. The molecule has 0 radical (unpaired) electrons. The summed E-state index contributed by atoms with van der Waals surface area (Å²) in [5.74, 6) is 0. The number of unbranched alkanes of at least 4 members (excludes halogenated alkanes) is 4. The van der Waals surface area contributed by atoms with Crippen LogP contribution < -0.4 is 0 Å². The Balaban J connectivity index is 1.08. The van der Waals surface area contributed by atoms with Crippen LogP contribution in [-0.2, 0) is 35.2 Å². The van der Waals surface area contributed by atoms with Crippen LogP contribution in [-0.4, -0.2) is 35.6 Å². The number of ether oxygens (including phenoxy) is 2. The summed E-state index contributed by atoms with van der Waals surface area (Å²) in [5.41, 5.74) is 15.5. The molecule has 4 nitrogen and oxygen atoms in total. The van der Waals surface area contributed by atoms with E-state index in [0.29, 0.717) is 0 Å². The molecule has 2 heterocycles. The fourth-order valence-electron chi connectivity index (χ4n) is 9.23. The van der Waals surface area contributed by atoms with E-state index in [1.165, 1.54) is 127 Å². The van der Waals surface area contributed by atoms with E-state index in [0.717, 1.165) is 77.8 Å². The zero-order valence-corrected chi connectivity index (χ0v) is 38.0. The van der Waals surface area contributed by atoms with Crippen molar-refractivity contribution in [3.05, 3.63) is 144 Å². The van der Waals surface area contributed by atoms with Crippen LogP contribution in [0.25, 0.3) is 66.1 Å². The van der Waals surface area contributed by atoms with Gasteiger partial charge in [-0.3, -0.25) is 0 Å². The first-order valence-corrected chi connectivity index (χ1v) is 24.1. The predicted octanol–water partition coefficient (Wildman–Crippen LogP) is 15.7. The molecule has 0 fully saturated rings. The summed E-state index contributed by atoms with van der Waals surface area (Å²) in [6.45, 7) is 12.4. The molecule has 0 unspecified atom stereocenters. The summed E-state index contributed by atoms with van der Waals surface area (Å²) in [4.78, 5) is 0. The van der Waals surface area contributed by atoms with Crippen LogP contribution >= 0.6 is 0 Å². The van der Waals surface area contributed by atoms with Gasteiger partial charge in [-0.15, -0.1) is 0 Å². The number of hydrogen-bond donors (Lipinski definition) is 0. The van der Waals surface area contributed by atoms with Crippen molar-refractivity contribution < 1.29 is 9.47 Å². The summed E-state index contributed by atoms with van der Waals surface area (Å²) in [6, 6.07) is 46.8. The molecule has 0 bridgehead atoms. The van der Waals surface area contributed by atoms with Crippen molar-refractivity contribution >= 4 is 43.6 Å². The van der Waals surface area contributed by atoms with Gasteiger partial charge in [-0.25, -0.2) is 0 Å². The highest BCUT2D eigenvalue weighted by Gasteiger charge is 2.16. The molecule has 0 aliphatic heterocycles. The van der Waals surface area contributed by atoms with Crippen LogP contribution in [0.4, 0.5) is 0 Å². The van der Waals surface area contributed by atoms with Gasteiger partial charge >= 0.3 is 0 Å². The van der Waals surface area contributed by atoms with E-state index in [4.69, 9.17) is 9.47 Å². The fourth-order valence-corrected chi connectivity index (χ4v) is 9.23. The molecule has 0 N–H and O–H groups in total. The molecule has 0 aliphatic rings. The van der Waals surface area contributed by atoms with Crippen molar-refractivity contribution in [3.63, 3.8) is 0 Å². The Hall–Kier alpha value is -5.16. The summed E-state index contributed by atoms with van der Waals surface area (Å²) >= 11 is 0. The second kappa shape index (κ2) is 21.3. The second-order valence-corrected chi connectivity index (χ2v) is 17.5. The summed E-state index contributed by atoms with van der Waals surface area (Å²) in [5, 5.41) is 5.38. The summed E-state index contributed by atoms with van der Waals surface area (Å²) < 4.78 is 16.7. The van der Waals surface area contributed by atoms with Crippen LogP contribution in [0.2, 0.25) is 0 Å². The van der Waals surface area contributed by atoms with E-state index in [1.54, 1.807) is 0 Å². The van der Waals surface area contributed by atoms with Crippen molar-refractivity contribution in [2.24, 2.45) is 0 Å². The number of rotatable bonds is 23. The number of hydrogen-bond acceptors (Lipinski definition) is 2. The maximum Gasteiger partial charge on any atom is 0.0541 e. The molecule has 322 valence electrons. The average Bonchev–Trinajstić information content (AvgIpc) is 3.81. The lowest BCUT2D eigenvalue weighted by molar-refractivity contribution is 0.129. The third-order valence-electron chi connectivity index (χ3n) is 12.8. The minimum atomic E-state index is 0.819. The molecule has 0 spiro atoms. The number of aryl methyl sites for hydroxylation is 4. The van der Waals surface area contributed by atoms with Gasteiger partial charge in [0.25, 0.3) is 0 Å². The van der Waals surface area contributed by atoms with Crippen LogP contribution in [0.3, 0.4) is 0 Å². The van der Waals surface area contributed by atoms with E-state index in [-0.39, 0.29) is 0 Å². The van der Waals surface area contributed by atoms with Gasteiger partial charge in [-0.2, -0.15) is 0 Å². The van der Waals surface area contributed by atoms with Crippen molar-refractivity contribution in [1.82, 2.24) is 9.13 Å². The van der Waals surface area contributed by atoms with E-state index >= 15 is 0 Å². The van der Waals surface area contributed by atoms with E-state index in [1.807, 2.05) is 0 Å². The Morgan fingerprint density at radius 2 is 0.613 bits per heavy atom. The van der Waals surface area contributed by atoms with Gasteiger partial charge in [0.05, 0.1) is 22.1 Å². The highest BCUT2D eigenvalue weighted by atomic mass is 16.5. The highest BCUT2D eigenvalue weighted by Crippen LogP contribution is 2.37. The van der Waals surface area contributed by atoms with Gasteiger partial charge in [-0.1, -0.05) is 102 Å². The Labute approximate surface area is 370 Å². The van der Waals surface area contributed by atoms with Gasteiger partial charge in [0.1, 0.15) is 0 Å². The number of nitrogens with zero attached hydrogens (tertiary/aromatic N) is 2. The Morgan fingerprint density at radius 3 is 0.919 bits per heavy atom. The third kappa shape index (κ3) is 9.88. The van der Waals surface area contributed by atoms with Crippen molar-refractivity contribution in [2.75, 3.05) is 26.4 Å². The zero-order chi connectivity index (χ0) is 42.7. The monoisotopic (exact) mass is 825 g/mol. The van der Waals surface area contributed by atoms with Crippen molar-refractivity contribution in [3.8, 4) is 22.5 Å². The number of benzene rings is 6. The molecule has 4 heteroatoms. The first kappa shape index (κ1) is 43.5. The molecule has 0 amide bonds. The Morgan fingerprint density at radius 1 is 0.323 bits per heavy atom. The first-order valence-electron chi connectivity index (χ1n) is 24.1. The molecule has 62 heavy (non-hydrogen) atoms. The third-order valence-corrected chi connectivity index (χ3v) is 12.8. The maximum atomic E-state index is 5.91. The van der Waals surface area contributed by atoms with Gasteiger partial charge in [-0.05, 0) is 170 Å². The Bertz CT molecular complexity index is 2540. The van der Waals surface area contributed by atoms with E-state index in [2.05, 4.69) is 158 Å².